The van der Waals surface area contributed by atoms with Crippen LogP contribution in [0.3, 0.4) is 0 Å². The van der Waals surface area contributed by atoms with Gasteiger partial charge in [-0.05, 0) is 80.0 Å². The molecule has 0 aromatic heterocycles. The zero-order valence-corrected chi connectivity index (χ0v) is 17.7. The zero-order chi connectivity index (χ0) is 19.6. The van der Waals surface area contributed by atoms with E-state index >= 15 is 0 Å². The van der Waals surface area contributed by atoms with Crippen molar-refractivity contribution in [3.63, 3.8) is 0 Å². The van der Waals surface area contributed by atoms with Crippen LogP contribution in [0.2, 0.25) is 0 Å². The van der Waals surface area contributed by atoms with Crippen LogP contribution in [0.15, 0.2) is 11.6 Å². The first-order valence-electron chi connectivity index (χ1n) is 11.0. The maximum atomic E-state index is 12.4. The Balaban J connectivity index is 1.61. The van der Waals surface area contributed by atoms with Gasteiger partial charge in [-0.1, -0.05) is 32.4 Å². The average Bonchev–Trinajstić information content (AvgIpc) is 2.85. The molecule has 27 heavy (non-hydrogen) atoms. The van der Waals surface area contributed by atoms with E-state index < -0.39 is 0 Å². The lowest BCUT2D eigenvalue weighted by Crippen LogP contribution is -2.51. The van der Waals surface area contributed by atoms with Gasteiger partial charge in [0.15, 0.2) is 0 Å². The minimum absolute atomic E-state index is 0.0702. The molecule has 3 heteroatoms. The Morgan fingerprint density at radius 3 is 2.52 bits per heavy atom. The van der Waals surface area contributed by atoms with E-state index in [9.17, 15) is 9.59 Å². The number of esters is 1. The minimum atomic E-state index is -0.151. The molecule has 0 radical (unpaired) electrons. The van der Waals surface area contributed by atoms with Gasteiger partial charge in [0, 0.05) is 19.3 Å². The Kier molecular flexibility index (Phi) is 4.59. The van der Waals surface area contributed by atoms with Gasteiger partial charge in [-0.15, -0.1) is 0 Å². The van der Waals surface area contributed by atoms with Gasteiger partial charge in [-0.3, -0.25) is 9.59 Å². The van der Waals surface area contributed by atoms with Crippen LogP contribution in [0.1, 0.15) is 79.6 Å². The Hall–Kier alpha value is -1.12. The van der Waals surface area contributed by atoms with Crippen molar-refractivity contribution in [2.45, 2.75) is 85.7 Å². The summed E-state index contributed by atoms with van der Waals surface area (Å²) in [7, 11) is 0. The van der Waals surface area contributed by atoms with Crippen LogP contribution in [-0.2, 0) is 14.3 Å². The predicted octanol–water partition coefficient (Wildman–Crippen LogP) is 5.33. The van der Waals surface area contributed by atoms with E-state index in [2.05, 4.69) is 26.8 Å². The fraction of sp³-hybridized carbons (Fsp3) is 0.833. The zero-order valence-electron chi connectivity index (χ0n) is 17.7. The highest BCUT2D eigenvalue weighted by molar-refractivity contribution is 5.80. The number of ether oxygens (including phenoxy) is 1. The van der Waals surface area contributed by atoms with E-state index in [4.69, 9.17) is 4.74 Å². The van der Waals surface area contributed by atoms with Crippen molar-refractivity contribution in [2.24, 2.45) is 40.4 Å². The summed E-state index contributed by atoms with van der Waals surface area (Å²) in [6.45, 7) is 10.5. The molecule has 3 fully saturated rings. The fourth-order valence-electron chi connectivity index (χ4n) is 8.19. The highest BCUT2D eigenvalue weighted by Gasteiger charge is 2.61. The molecule has 4 aliphatic rings. The maximum Gasteiger partial charge on any atom is 0.302 e. The van der Waals surface area contributed by atoms with E-state index in [0.29, 0.717) is 17.6 Å². The van der Waals surface area contributed by atoms with E-state index in [1.165, 1.54) is 26.2 Å². The number of rotatable bonds is 2. The van der Waals surface area contributed by atoms with Crippen molar-refractivity contribution in [2.75, 3.05) is 0 Å². The topological polar surface area (TPSA) is 43.4 Å². The lowest BCUT2D eigenvalue weighted by atomic mass is 9.47. The summed E-state index contributed by atoms with van der Waals surface area (Å²) in [4.78, 5) is 23.8. The summed E-state index contributed by atoms with van der Waals surface area (Å²) in [5.74, 6) is 3.16. The third-order valence-electron chi connectivity index (χ3n) is 9.17. The molecule has 0 amide bonds. The Labute approximate surface area is 164 Å². The monoisotopic (exact) mass is 372 g/mol. The van der Waals surface area contributed by atoms with Crippen LogP contribution < -0.4 is 0 Å². The summed E-state index contributed by atoms with van der Waals surface area (Å²) < 4.78 is 5.54. The van der Waals surface area contributed by atoms with Crippen molar-refractivity contribution < 1.29 is 14.3 Å². The van der Waals surface area contributed by atoms with Crippen molar-refractivity contribution >= 4 is 11.8 Å². The number of fused-ring (bicyclic) bond motifs is 5. The Morgan fingerprint density at radius 2 is 1.85 bits per heavy atom. The fourth-order valence-corrected chi connectivity index (χ4v) is 8.19. The van der Waals surface area contributed by atoms with Crippen LogP contribution in [-0.4, -0.2) is 17.9 Å². The maximum absolute atomic E-state index is 12.4. The molecule has 0 spiro atoms. The number of Topliss-reactive ketones (excluding diaryl/α,β-unsaturated/α-hetero) is 1. The van der Waals surface area contributed by atoms with Crippen molar-refractivity contribution in [1.82, 2.24) is 0 Å². The molecule has 8 atom stereocenters. The van der Waals surface area contributed by atoms with E-state index in [-0.39, 0.29) is 28.8 Å². The molecule has 0 saturated heterocycles. The molecule has 4 aliphatic carbocycles. The molecule has 0 aliphatic heterocycles. The third-order valence-corrected chi connectivity index (χ3v) is 9.17. The van der Waals surface area contributed by atoms with Crippen molar-refractivity contribution in [3.8, 4) is 0 Å². The van der Waals surface area contributed by atoms with Gasteiger partial charge in [-0.25, -0.2) is 0 Å². The summed E-state index contributed by atoms with van der Waals surface area (Å²) in [6.07, 6.45) is 10.4. The van der Waals surface area contributed by atoms with Crippen LogP contribution in [0.5, 0.6) is 0 Å². The molecule has 150 valence electrons. The molecule has 4 rings (SSSR count). The van der Waals surface area contributed by atoms with Gasteiger partial charge in [0.2, 0.25) is 0 Å². The normalized spacial score (nSPS) is 48.7. The summed E-state index contributed by atoms with van der Waals surface area (Å²) in [5, 5.41) is 0. The molecule has 0 heterocycles. The highest BCUT2D eigenvalue weighted by atomic mass is 16.5. The first-order valence-corrected chi connectivity index (χ1v) is 11.0. The number of allylic oxidation sites excluding steroid dienone is 1. The lowest BCUT2D eigenvalue weighted by Gasteiger charge is -2.58. The lowest BCUT2D eigenvalue weighted by molar-refractivity contribution is -0.149. The summed E-state index contributed by atoms with van der Waals surface area (Å²) in [5.41, 5.74) is 2.00. The van der Waals surface area contributed by atoms with Gasteiger partial charge in [0.1, 0.15) is 11.9 Å². The van der Waals surface area contributed by atoms with Crippen LogP contribution in [0.25, 0.3) is 0 Å². The van der Waals surface area contributed by atoms with Gasteiger partial charge < -0.3 is 4.74 Å². The molecule has 0 aromatic rings. The standard InChI is InChI=1S/C24H36O3/c1-14-12-21-19-7-6-17-13-18(27-16(3)26)8-10-23(17,4)20(19)9-11-24(21,5)22(14)15(2)25/h6,14,18-22H,7-13H2,1-5H3/t14-,18?,19-,20+,21+,22-,23+,24+/m1/s1. The van der Waals surface area contributed by atoms with E-state index in [1.807, 2.05) is 6.92 Å². The smallest absolute Gasteiger partial charge is 0.302 e. The van der Waals surface area contributed by atoms with Gasteiger partial charge in [-0.2, -0.15) is 0 Å². The highest BCUT2D eigenvalue weighted by Crippen LogP contribution is 2.67. The summed E-state index contributed by atoms with van der Waals surface area (Å²) >= 11 is 0. The Morgan fingerprint density at radius 1 is 1.11 bits per heavy atom. The van der Waals surface area contributed by atoms with Crippen LogP contribution >= 0.6 is 0 Å². The summed E-state index contributed by atoms with van der Waals surface area (Å²) in [6, 6.07) is 0. The second-order valence-electron chi connectivity index (χ2n) is 10.6. The van der Waals surface area contributed by atoms with E-state index in [0.717, 1.165) is 37.5 Å². The van der Waals surface area contributed by atoms with Crippen LogP contribution in [0, 0.1) is 40.4 Å². The van der Waals surface area contributed by atoms with Gasteiger partial charge in [0.05, 0.1) is 0 Å². The Bertz CT molecular complexity index is 679. The van der Waals surface area contributed by atoms with E-state index in [1.54, 1.807) is 5.57 Å². The second kappa shape index (κ2) is 6.46. The SMILES string of the molecule is CC(=O)OC1CC[C@@]2(C)C(=CC[C@H]3[C@@H]4C[C@@H](C)[C@H](C(C)=O)[C@@]4(C)CC[C@@H]32)C1. The quantitative estimate of drug-likeness (QED) is 0.486. The van der Waals surface area contributed by atoms with Crippen LogP contribution in [0.4, 0.5) is 0 Å². The first kappa shape index (κ1) is 19.2. The third kappa shape index (κ3) is 2.83. The number of hydrogen-bond donors (Lipinski definition) is 0. The number of carbonyl (C=O) groups excluding carboxylic acids is 2. The van der Waals surface area contributed by atoms with Crippen molar-refractivity contribution in [3.05, 3.63) is 11.6 Å². The molecular formula is C24H36O3. The largest absolute Gasteiger partial charge is 0.462 e. The average molecular weight is 373 g/mol. The van der Waals surface area contributed by atoms with Gasteiger partial charge in [0.25, 0.3) is 0 Å². The molecule has 0 bridgehead atoms. The predicted molar refractivity (Wildman–Crippen MR) is 106 cm³/mol. The number of hydrogen-bond acceptors (Lipinski definition) is 3. The molecule has 1 unspecified atom stereocenters. The molecular weight excluding hydrogens is 336 g/mol. The molecule has 3 saturated carbocycles. The minimum Gasteiger partial charge on any atom is -0.462 e. The second-order valence-corrected chi connectivity index (χ2v) is 10.6. The first-order chi connectivity index (χ1) is 12.7. The number of carbonyl (C=O) groups is 2. The van der Waals surface area contributed by atoms with Crippen molar-refractivity contribution in [1.29, 1.82) is 0 Å². The number of ketones is 1. The molecule has 0 N–H and O–H groups in total. The van der Waals surface area contributed by atoms with Gasteiger partial charge >= 0.3 is 5.97 Å². The molecule has 0 aromatic carbocycles. The molecule has 3 nitrogen and oxygen atoms in total.